The summed E-state index contributed by atoms with van der Waals surface area (Å²) in [5.74, 6) is 2.23. The molecule has 0 amide bonds. The minimum Gasteiger partial charge on any atom is -0.440 e. The molecule has 0 aliphatic heterocycles. The second kappa shape index (κ2) is 14.0. The first kappa shape index (κ1) is 33.3. The van der Waals surface area contributed by atoms with Gasteiger partial charge < -0.3 is 9.47 Å². The van der Waals surface area contributed by atoms with Crippen molar-refractivity contribution in [3.05, 3.63) is 111 Å². The lowest BCUT2D eigenvalue weighted by Gasteiger charge is -2.27. The number of aryl methyl sites for hydroxylation is 4. The molecule has 2 aromatic carbocycles. The molecule has 2 aromatic heterocycles. The van der Waals surface area contributed by atoms with Crippen molar-refractivity contribution in [3.63, 3.8) is 0 Å². The highest BCUT2D eigenvalue weighted by Gasteiger charge is 2.25. The lowest BCUT2D eigenvalue weighted by molar-refractivity contribution is 0.258. The average Bonchev–Trinajstić information content (AvgIpc) is 2.85. The van der Waals surface area contributed by atoms with Gasteiger partial charge in [0.1, 0.15) is 11.5 Å². The Kier molecular flexibility index (Phi) is 10.4. The Morgan fingerprint density at radius 2 is 1.18 bits per heavy atom. The summed E-state index contributed by atoms with van der Waals surface area (Å²) in [5, 5.41) is 0. The number of benzene rings is 2. The molecule has 3 N–H and O–H groups in total. The normalized spacial score (nSPS) is 12.9. The fourth-order valence-corrected chi connectivity index (χ4v) is 5.58. The van der Waals surface area contributed by atoms with Crippen molar-refractivity contribution in [3.8, 4) is 23.3 Å². The third-order valence-corrected chi connectivity index (χ3v) is 7.77. The molecule has 240 valence electrons. The van der Waals surface area contributed by atoms with Gasteiger partial charge in [-0.2, -0.15) is 0 Å². The molecule has 2 heterocycles. The first-order chi connectivity index (χ1) is 21.2. The van der Waals surface area contributed by atoms with Gasteiger partial charge in [0.25, 0.3) is 11.1 Å². The summed E-state index contributed by atoms with van der Waals surface area (Å²) >= 11 is 0. The van der Waals surface area contributed by atoms with Crippen LogP contribution in [0.2, 0.25) is 0 Å². The van der Waals surface area contributed by atoms with Gasteiger partial charge >= 0.3 is 11.4 Å². The summed E-state index contributed by atoms with van der Waals surface area (Å²) in [7, 11) is 0. The van der Waals surface area contributed by atoms with E-state index in [1.807, 2.05) is 85.7 Å². The average molecular weight is 617 g/mol. The van der Waals surface area contributed by atoms with E-state index in [1.165, 1.54) is 6.42 Å². The lowest BCUT2D eigenvalue weighted by atomic mass is 9.85. The zero-order valence-corrected chi connectivity index (χ0v) is 27.4. The van der Waals surface area contributed by atoms with Crippen LogP contribution >= 0.6 is 0 Å². The Bertz CT molecular complexity index is 1870. The highest BCUT2D eigenvalue weighted by molar-refractivity contribution is 5.39. The summed E-state index contributed by atoms with van der Waals surface area (Å²) in [6.45, 7) is 16.1. The molecule has 1 saturated carbocycles. The summed E-state index contributed by atoms with van der Waals surface area (Å²) in [4.78, 5) is 55.4. The van der Waals surface area contributed by atoms with Crippen LogP contribution < -0.4 is 32.0 Å². The number of nitrogens with zero attached hydrogens (tertiary/aromatic N) is 1. The van der Waals surface area contributed by atoms with Crippen LogP contribution in [0.25, 0.3) is 0 Å². The molecule has 0 atom stereocenters. The quantitative estimate of drug-likeness (QED) is 0.208. The van der Waals surface area contributed by atoms with Crippen LogP contribution in [0.15, 0.2) is 55.6 Å². The van der Waals surface area contributed by atoms with Gasteiger partial charge in [-0.05, 0) is 105 Å². The monoisotopic (exact) mass is 616 g/mol. The summed E-state index contributed by atoms with van der Waals surface area (Å²) in [5.41, 5.74) is 3.50. The third-order valence-electron chi connectivity index (χ3n) is 7.77. The number of hydrogen-bond donors (Lipinski definition) is 3. The van der Waals surface area contributed by atoms with Gasteiger partial charge in [-0.15, -0.1) is 0 Å². The van der Waals surface area contributed by atoms with Crippen molar-refractivity contribution in [2.45, 2.75) is 93.0 Å². The largest absolute Gasteiger partial charge is 0.440 e. The Balaban J connectivity index is 0.000000210. The van der Waals surface area contributed by atoms with Crippen LogP contribution in [-0.4, -0.2) is 19.5 Å². The van der Waals surface area contributed by atoms with Crippen molar-refractivity contribution in [1.82, 2.24) is 19.5 Å². The van der Waals surface area contributed by atoms with E-state index >= 15 is 0 Å². The topological polar surface area (TPSA) is 139 Å². The molecule has 0 radical (unpaired) electrons. The van der Waals surface area contributed by atoms with Crippen LogP contribution in [-0.2, 0) is 6.54 Å². The molecule has 5 rings (SSSR count). The van der Waals surface area contributed by atoms with Crippen LogP contribution in [0.5, 0.6) is 23.3 Å². The summed E-state index contributed by atoms with van der Waals surface area (Å²) in [6, 6.07) is 11.7. The lowest BCUT2D eigenvalue weighted by Crippen LogP contribution is -2.36. The summed E-state index contributed by atoms with van der Waals surface area (Å²) < 4.78 is 13.5. The molecule has 4 aromatic rings. The molecule has 10 nitrogen and oxygen atoms in total. The van der Waals surface area contributed by atoms with Gasteiger partial charge in [-0.25, -0.2) is 9.59 Å². The standard InChI is InChI=1S/C20H26N2O3.C15H18N2O3/c1-12(2)17-18(23)21-20(24)22(11-15-6-5-7-15)19(17)25-16-9-13(3)8-14(4)10-16;1-8(2)12-13(18)16-15(19)17-14(12)20-11-6-9(3)5-10(4)7-11/h8-10,12,15H,5-7,11H2,1-4H3,(H,21,23,24);5-8H,1-4H3,(H2,16,17,18,19). The Morgan fingerprint density at radius 1 is 0.689 bits per heavy atom. The third kappa shape index (κ3) is 8.32. The predicted molar refractivity (Wildman–Crippen MR) is 177 cm³/mol. The molecule has 0 spiro atoms. The van der Waals surface area contributed by atoms with Crippen molar-refractivity contribution in [1.29, 1.82) is 0 Å². The van der Waals surface area contributed by atoms with E-state index < -0.39 is 11.2 Å². The van der Waals surface area contributed by atoms with Gasteiger partial charge in [0.05, 0.1) is 11.1 Å². The molecule has 0 saturated heterocycles. The van der Waals surface area contributed by atoms with Gasteiger partial charge in [0.15, 0.2) is 0 Å². The predicted octanol–water partition coefficient (Wildman–Crippen LogP) is 6.46. The Hall–Kier alpha value is -4.60. The molecular formula is C35H44N4O6. The van der Waals surface area contributed by atoms with E-state index in [0.717, 1.165) is 35.1 Å². The number of aromatic nitrogens is 4. The minimum atomic E-state index is -0.571. The SMILES string of the molecule is Cc1cc(C)cc(Oc2[nH]c(=O)[nH]c(=O)c2C(C)C)c1.Cc1cc(C)cc(Oc2c(C(C)C)c(=O)[nH]c(=O)n2CC2CCC2)c1. The number of ether oxygens (including phenoxy) is 2. The smallest absolute Gasteiger partial charge is 0.331 e. The van der Waals surface area contributed by atoms with Gasteiger partial charge in [0, 0.05) is 6.54 Å². The van der Waals surface area contributed by atoms with Gasteiger partial charge in [0.2, 0.25) is 11.8 Å². The first-order valence-corrected chi connectivity index (χ1v) is 15.5. The zero-order valence-electron chi connectivity index (χ0n) is 27.4. The van der Waals surface area contributed by atoms with E-state index in [4.69, 9.17) is 9.47 Å². The number of hydrogen-bond acceptors (Lipinski definition) is 6. The van der Waals surface area contributed by atoms with Crippen LogP contribution in [0, 0.1) is 33.6 Å². The second-order valence-corrected chi connectivity index (χ2v) is 12.7. The van der Waals surface area contributed by atoms with Gasteiger partial charge in [-0.3, -0.25) is 29.1 Å². The summed E-state index contributed by atoms with van der Waals surface area (Å²) in [6.07, 6.45) is 3.43. The molecule has 0 unspecified atom stereocenters. The molecule has 10 heteroatoms. The molecule has 1 aliphatic rings. The van der Waals surface area contributed by atoms with Crippen LogP contribution in [0.1, 0.15) is 92.2 Å². The van der Waals surface area contributed by atoms with Gasteiger partial charge in [-0.1, -0.05) is 46.2 Å². The van der Waals surface area contributed by atoms with E-state index in [-0.39, 0.29) is 29.0 Å². The van der Waals surface area contributed by atoms with Crippen LogP contribution in [0.4, 0.5) is 0 Å². The van der Waals surface area contributed by atoms with Crippen molar-refractivity contribution in [2.75, 3.05) is 0 Å². The fourth-order valence-electron chi connectivity index (χ4n) is 5.58. The minimum absolute atomic E-state index is 0.0436. The maximum atomic E-state index is 12.5. The van der Waals surface area contributed by atoms with E-state index in [1.54, 1.807) is 4.57 Å². The highest BCUT2D eigenvalue weighted by atomic mass is 16.5. The van der Waals surface area contributed by atoms with Crippen molar-refractivity contribution in [2.24, 2.45) is 5.92 Å². The van der Waals surface area contributed by atoms with E-state index in [9.17, 15) is 19.2 Å². The van der Waals surface area contributed by atoms with Crippen molar-refractivity contribution < 1.29 is 9.47 Å². The first-order valence-electron chi connectivity index (χ1n) is 15.5. The fraction of sp³-hybridized carbons (Fsp3) is 0.429. The Labute approximate surface area is 262 Å². The Morgan fingerprint density at radius 3 is 1.64 bits per heavy atom. The van der Waals surface area contributed by atoms with Crippen LogP contribution in [0.3, 0.4) is 0 Å². The maximum Gasteiger partial charge on any atom is 0.331 e. The highest BCUT2D eigenvalue weighted by Crippen LogP contribution is 2.32. The number of nitrogens with one attached hydrogen (secondary N) is 3. The number of rotatable bonds is 8. The zero-order chi connectivity index (χ0) is 33.0. The van der Waals surface area contributed by atoms with E-state index in [2.05, 4.69) is 21.0 Å². The number of aromatic amines is 3. The van der Waals surface area contributed by atoms with E-state index in [0.29, 0.717) is 41.0 Å². The molecule has 45 heavy (non-hydrogen) atoms. The molecule has 1 aliphatic carbocycles. The second-order valence-electron chi connectivity index (χ2n) is 12.7. The molecule has 1 fully saturated rings. The molecular weight excluding hydrogens is 572 g/mol. The van der Waals surface area contributed by atoms with Crippen molar-refractivity contribution >= 4 is 0 Å². The molecule has 0 bridgehead atoms. The number of H-pyrrole nitrogens is 3. The maximum absolute atomic E-state index is 12.5.